The average molecular weight is 329 g/mol. The third-order valence-corrected chi connectivity index (χ3v) is 5.29. The number of hydrogen-bond donors (Lipinski definition) is 3. The first-order valence-electron chi connectivity index (χ1n) is 7.44. The van der Waals surface area contributed by atoms with E-state index in [1.165, 1.54) is 16.8 Å². The maximum absolute atomic E-state index is 11.6. The normalized spacial score (nSPS) is 14.8. The minimum atomic E-state index is -0.918. The lowest BCUT2D eigenvalue weighted by Crippen LogP contribution is -2.32. The zero-order valence-electron chi connectivity index (χ0n) is 12.2. The van der Waals surface area contributed by atoms with E-state index in [0.717, 1.165) is 35.2 Å². The maximum atomic E-state index is 11.6. The Bertz CT molecular complexity index is 858. The van der Waals surface area contributed by atoms with Gasteiger partial charge in [0, 0.05) is 23.2 Å². The third kappa shape index (κ3) is 2.55. The molecule has 0 aromatic carbocycles. The number of aliphatic carboxylic acids is 1. The summed E-state index contributed by atoms with van der Waals surface area (Å²) in [6.07, 6.45) is 8.21. The molecule has 7 nitrogen and oxygen atoms in total. The van der Waals surface area contributed by atoms with Gasteiger partial charge in [-0.3, -0.25) is 0 Å². The van der Waals surface area contributed by atoms with Crippen LogP contribution in [0.25, 0.3) is 10.2 Å². The van der Waals surface area contributed by atoms with Gasteiger partial charge in [0.1, 0.15) is 23.0 Å². The van der Waals surface area contributed by atoms with Crippen LogP contribution >= 0.6 is 11.3 Å². The number of carboxylic acids is 1. The fraction of sp³-hybridized carbons (Fsp3) is 0.333. The molecule has 4 rings (SSSR count). The van der Waals surface area contributed by atoms with Crippen molar-refractivity contribution in [2.24, 2.45) is 0 Å². The first kappa shape index (κ1) is 14.1. The number of carbonyl (C=O) groups is 1. The highest BCUT2D eigenvalue weighted by atomic mass is 32.1. The number of nitrogens with zero attached hydrogens (tertiary/aromatic N) is 3. The molecular formula is C15H15N5O2S. The highest BCUT2D eigenvalue weighted by Gasteiger charge is 2.24. The van der Waals surface area contributed by atoms with Gasteiger partial charge in [-0.15, -0.1) is 11.3 Å². The molecule has 1 aliphatic carbocycles. The molecule has 3 aromatic heterocycles. The second-order valence-electron chi connectivity index (χ2n) is 5.58. The number of fused-ring (bicyclic) bond motifs is 3. The van der Waals surface area contributed by atoms with Crippen molar-refractivity contribution < 1.29 is 9.90 Å². The van der Waals surface area contributed by atoms with E-state index in [9.17, 15) is 9.90 Å². The van der Waals surface area contributed by atoms with Crippen LogP contribution in [-0.4, -0.2) is 37.1 Å². The summed E-state index contributed by atoms with van der Waals surface area (Å²) >= 11 is 1.69. The Morgan fingerprint density at radius 1 is 1.43 bits per heavy atom. The number of rotatable bonds is 5. The van der Waals surface area contributed by atoms with E-state index in [1.54, 1.807) is 23.9 Å². The van der Waals surface area contributed by atoms with Crippen LogP contribution in [0.4, 0.5) is 5.82 Å². The quantitative estimate of drug-likeness (QED) is 0.661. The van der Waals surface area contributed by atoms with Gasteiger partial charge in [0.05, 0.1) is 11.7 Å². The fourth-order valence-electron chi connectivity index (χ4n) is 3.02. The Labute approximate surface area is 135 Å². The summed E-state index contributed by atoms with van der Waals surface area (Å²) in [5.41, 5.74) is 2.05. The Hall–Kier alpha value is -2.48. The van der Waals surface area contributed by atoms with E-state index < -0.39 is 12.0 Å². The Morgan fingerprint density at radius 2 is 2.35 bits per heavy atom. The van der Waals surface area contributed by atoms with Gasteiger partial charge in [0.25, 0.3) is 0 Å². The molecular weight excluding hydrogens is 314 g/mol. The number of aromatic amines is 1. The molecule has 0 aliphatic heterocycles. The summed E-state index contributed by atoms with van der Waals surface area (Å²) in [5.74, 6) is -0.306. The molecule has 0 saturated carbocycles. The molecule has 3 aromatic rings. The number of hydrogen-bond acceptors (Lipinski definition) is 6. The molecule has 23 heavy (non-hydrogen) atoms. The molecule has 1 atom stereocenters. The first-order valence-corrected chi connectivity index (χ1v) is 8.26. The number of anilines is 1. The molecule has 1 aliphatic rings. The first-order chi connectivity index (χ1) is 11.2. The van der Waals surface area contributed by atoms with E-state index in [4.69, 9.17) is 0 Å². The van der Waals surface area contributed by atoms with E-state index in [0.29, 0.717) is 12.2 Å². The van der Waals surface area contributed by atoms with Gasteiger partial charge in [-0.05, 0) is 24.8 Å². The average Bonchev–Trinajstić information content (AvgIpc) is 3.22. The van der Waals surface area contributed by atoms with Crippen LogP contribution in [0.5, 0.6) is 0 Å². The fourth-order valence-corrected chi connectivity index (χ4v) is 4.25. The monoisotopic (exact) mass is 329 g/mol. The molecule has 0 amide bonds. The summed E-state index contributed by atoms with van der Waals surface area (Å²) in [6.45, 7) is 0. The summed E-state index contributed by atoms with van der Waals surface area (Å²) in [4.78, 5) is 29.4. The van der Waals surface area contributed by atoms with Gasteiger partial charge in [-0.1, -0.05) is 0 Å². The standard InChI is InChI=1S/C15H15N5O2S/c21-15(22)10(4-8-5-16-6-17-8)20-13-12-9-2-1-3-11(9)23-14(12)19-7-18-13/h5-7,10H,1-4H2,(H,16,17)(H,21,22)(H,18,19,20)/t10-/m0/s1. The molecule has 0 radical (unpaired) electrons. The Kier molecular flexibility index (Phi) is 3.45. The van der Waals surface area contributed by atoms with Crippen LogP contribution in [-0.2, 0) is 24.1 Å². The zero-order chi connectivity index (χ0) is 15.8. The summed E-state index contributed by atoms with van der Waals surface area (Å²) in [7, 11) is 0. The van der Waals surface area contributed by atoms with Gasteiger partial charge in [0.15, 0.2) is 0 Å². The number of carboxylic acid groups (broad SMARTS) is 1. The van der Waals surface area contributed by atoms with E-state index >= 15 is 0 Å². The highest BCUT2D eigenvalue weighted by Crippen LogP contribution is 2.39. The predicted molar refractivity (Wildman–Crippen MR) is 86.8 cm³/mol. The second-order valence-corrected chi connectivity index (χ2v) is 6.66. The number of imidazole rings is 1. The number of aryl methyl sites for hydroxylation is 2. The van der Waals surface area contributed by atoms with Crippen LogP contribution in [0.2, 0.25) is 0 Å². The van der Waals surface area contributed by atoms with Crippen molar-refractivity contribution in [3.05, 3.63) is 35.0 Å². The van der Waals surface area contributed by atoms with Crippen molar-refractivity contribution in [3.8, 4) is 0 Å². The zero-order valence-corrected chi connectivity index (χ0v) is 13.1. The van der Waals surface area contributed by atoms with Crippen molar-refractivity contribution >= 4 is 33.3 Å². The van der Waals surface area contributed by atoms with Gasteiger partial charge < -0.3 is 15.4 Å². The molecule has 0 bridgehead atoms. The van der Waals surface area contributed by atoms with Crippen LogP contribution < -0.4 is 5.32 Å². The minimum absolute atomic E-state index is 0.313. The lowest BCUT2D eigenvalue weighted by atomic mass is 10.1. The van der Waals surface area contributed by atoms with Crippen LogP contribution in [0.3, 0.4) is 0 Å². The van der Waals surface area contributed by atoms with E-state index in [-0.39, 0.29) is 0 Å². The topological polar surface area (TPSA) is 104 Å². The van der Waals surface area contributed by atoms with Crippen molar-refractivity contribution in [3.63, 3.8) is 0 Å². The molecule has 3 heterocycles. The summed E-state index contributed by atoms with van der Waals surface area (Å²) in [5, 5.41) is 13.6. The number of H-pyrrole nitrogens is 1. The van der Waals surface area contributed by atoms with Gasteiger partial charge in [-0.25, -0.2) is 19.7 Å². The molecule has 3 N–H and O–H groups in total. The molecule has 0 unspecified atom stereocenters. The predicted octanol–water partition coefficient (Wildman–Crippen LogP) is 2.01. The molecule has 0 saturated heterocycles. The number of thiophene rings is 1. The van der Waals surface area contributed by atoms with Crippen LogP contribution in [0.1, 0.15) is 22.6 Å². The van der Waals surface area contributed by atoms with Crippen molar-refractivity contribution in [2.45, 2.75) is 31.7 Å². The highest BCUT2D eigenvalue weighted by molar-refractivity contribution is 7.19. The molecule has 0 spiro atoms. The lowest BCUT2D eigenvalue weighted by molar-refractivity contribution is -0.137. The number of aromatic nitrogens is 4. The van der Waals surface area contributed by atoms with E-state index in [1.807, 2.05) is 0 Å². The minimum Gasteiger partial charge on any atom is -0.480 e. The van der Waals surface area contributed by atoms with Crippen LogP contribution in [0, 0.1) is 0 Å². The van der Waals surface area contributed by atoms with Gasteiger partial charge in [-0.2, -0.15) is 0 Å². The molecule has 118 valence electrons. The molecule has 0 fully saturated rings. The smallest absolute Gasteiger partial charge is 0.326 e. The van der Waals surface area contributed by atoms with Gasteiger partial charge in [0.2, 0.25) is 0 Å². The van der Waals surface area contributed by atoms with E-state index in [2.05, 4.69) is 25.3 Å². The molecule has 8 heteroatoms. The van der Waals surface area contributed by atoms with Crippen LogP contribution in [0.15, 0.2) is 18.9 Å². The Morgan fingerprint density at radius 3 is 3.13 bits per heavy atom. The lowest BCUT2D eigenvalue weighted by Gasteiger charge is -2.15. The Balaban J connectivity index is 1.69. The third-order valence-electron chi connectivity index (χ3n) is 4.09. The SMILES string of the molecule is O=C(O)[C@H](Cc1cnc[nH]1)Nc1ncnc2sc3c(c12)CCC3. The van der Waals surface area contributed by atoms with Crippen molar-refractivity contribution in [1.29, 1.82) is 0 Å². The van der Waals surface area contributed by atoms with Crippen molar-refractivity contribution in [1.82, 2.24) is 19.9 Å². The van der Waals surface area contributed by atoms with Crippen molar-refractivity contribution in [2.75, 3.05) is 5.32 Å². The maximum Gasteiger partial charge on any atom is 0.326 e. The second kappa shape index (κ2) is 5.62. The number of nitrogens with one attached hydrogen (secondary N) is 2. The summed E-state index contributed by atoms with van der Waals surface area (Å²) in [6, 6.07) is -0.773. The summed E-state index contributed by atoms with van der Waals surface area (Å²) < 4.78 is 0. The largest absolute Gasteiger partial charge is 0.480 e. The van der Waals surface area contributed by atoms with Gasteiger partial charge >= 0.3 is 5.97 Å².